The SMILES string of the molecule is CNC(COCCCC(F)(F)F)c1cccc(C)c1. The molecule has 0 spiro atoms. The van der Waals surface area contributed by atoms with Crippen molar-refractivity contribution in [2.45, 2.75) is 32.0 Å². The highest BCUT2D eigenvalue weighted by Crippen LogP contribution is 2.21. The summed E-state index contributed by atoms with van der Waals surface area (Å²) in [5, 5.41) is 3.11. The molecule has 0 amide bonds. The van der Waals surface area contributed by atoms with E-state index in [1.807, 2.05) is 38.2 Å². The lowest BCUT2D eigenvalue weighted by Gasteiger charge is -2.17. The summed E-state index contributed by atoms with van der Waals surface area (Å²) < 4.78 is 41.2. The molecule has 0 saturated heterocycles. The van der Waals surface area contributed by atoms with E-state index >= 15 is 0 Å². The first-order valence-corrected chi connectivity index (χ1v) is 6.30. The predicted molar refractivity (Wildman–Crippen MR) is 69.1 cm³/mol. The quantitative estimate of drug-likeness (QED) is 0.767. The Labute approximate surface area is 112 Å². The van der Waals surface area contributed by atoms with E-state index in [1.165, 1.54) is 0 Å². The molecule has 1 aromatic rings. The Morgan fingerprint density at radius 3 is 2.63 bits per heavy atom. The number of hydrogen-bond acceptors (Lipinski definition) is 2. The van der Waals surface area contributed by atoms with Gasteiger partial charge < -0.3 is 10.1 Å². The van der Waals surface area contributed by atoms with Crippen LogP contribution in [0.1, 0.15) is 30.0 Å². The molecule has 108 valence electrons. The van der Waals surface area contributed by atoms with Gasteiger partial charge in [-0.05, 0) is 26.0 Å². The third-order valence-corrected chi connectivity index (χ3v) is 2.83. The first kappa shape index (κ1) is 16.0. The summed E-state index contributed by atoms with van der Waals surface area (Å²) in [6.07, 6.45) is -4.88. The minimum absolute atomic E-state index is 0.00536. The lowest BCUT2D eigenvalue weighted by atomic mass is 10.1. The lowest BCUT2D eigenvalue weighted by Crippen LogP contribution is -2.22. The van der Waals surface area contributed by atoms with Crippen LogP contribution in [0.2, 0.25) is 0 Å². The van der Waals surface area contributed by atoms with E-state index in [9.17, 15) is 13.2 Å². The number of likely N-dealkylation sites (N-methyl/N-ethyl adjacent to an activating group) is 1. The molecule has 0 saturated carbocycles. The van der Waals surface area contributed by atoms with Crippen LogP contribution in [0.15, 0.2) is 24.3 Å². The van der Waals surface area contributed by atoms with Gasteiger partial charge in [0.25, 0.3) is 0 Å². The zero-order valence-corrected chi connectivity index (χ0v) is 11.3. The zero-order chi connectivity index (χ0) is 14.3. The fraction of sp³-hybridized carbons (Fsp3) is 0.571. The Kier molecular flexibility index (Phi) is 6.31. The average Bonchev–Trinajstić information content (AvgIpc) is 2.32. The van der Waals surface area contributed by atoms with Crippen LogP contribution in [0, 0.1) is 6.92 Å². The number of aryl methyl sites for hydroxylation is 1. The maximum Gasteiger partial charge on any atom is 0.389 e. The van der Waals surface area contributed by atoms with Crippen LogP contribution in [-0.2, 0) is 4.74 Å². The molecule has 1 unspecified atom stereocenters. The first-order valence-electron chi connectivity index (χ1n) is 6.30. The van der Waals surface area contributed by atoms with E-state index in [2.05, 4.69) is 5.32 Å². The van der Waals surface area contributed by atoms with Crippen LogP contribution < -0.4 is 5.32 Å². The third-order valence-electron chi connectivity index (χ3n) is 2.83. The molecule has 1 atom stereocenters. The average molecular weight is 275 g/mol. The zero-order valence-electron chi connectivity index (χ0n) is 11.3. The van der Waals surface area contributed by atoms with Gasteiger partial charge in [0, 0.05) is 13.0 Å². The van der Waals surface area contributed by atoms with Crippen LogP contribution in [0.5, 0.6) is 0 Å². The van der Waals surface area contributed by atoms with E-state index in [0.29, 0.717) is 6.61 Å². The molecule has 0 bridgehead atoms. The summed E-state index contributed by atoms with van der Waals surface area (Å²) in [4.78, 5) is 0. The second-order valence-electron chi connectivity index (χ2n) is 4.55. The third kappa shape index (κ3) is 6.59. The van der Waals surface area contributed by atoms with E-state index in [1.54, 1.807) is 0 Å². The molecular weight excluding hydrogens is 255 g/mol. The highest BCUT2D eigenvalue weighted by molar-refractivity contribution is 5.25. The molecule has 0 aromatic heterocycles. The van der Waals surface area contributed by atoms with Crippen LogP contribution in [0.3, 0.4) is 0 Å². The van der Waals surface area contributed by atoms with Gasteiger partial charge in [-0.3, -0.25) is 0 Å². The van der Waals surface area contributed by atoms with Crippen molar-refractivity contribution in [3.05, 3.63) is 35.4 Å². The number of rotatable bonds is 7. The van der Waals surface area contributed by atoms with Gasteiger partial charge in [-0.15, -0.1) is 0 Å². The molecule has 0 aliphatic heterocycles. The summed E-state index contributed by atoms with van der Waals surface area (Å²) >= 11 is 0. The van der Waals surface area contributed by atoms with Gasteiger partial charge in [0.1, 0.15) is 0 Å². The van der Waals surface area contributed by atoms with Crippen molar-refractivity contribution in [1.29, 1.82) is 0 Å². The molecule has 1 N–H and O–H groups in total. The van der Waals surface area contributed by atoms with Crippen molar-refractivity contribution in [3.8, 4) is 0 Å². The minimum atomic E-state index is -4.09. The Morgan fingerprint density at radius 1 is 1.32 bits per heavy atom. The van der Waals surface area contributed by atoms with Crippen LogP contribution in [-0.4, -0.2) is 26.4 Å². The highest BCUT2D eigenvalue weighted by Gasteiger charge is 2.26. The summed E-state index contributed by atoms with van der Waals surface area (Å²) in [6, 6.07) is 7.98. The van der Waals surface area contributed by atoms with Gasteiger partial charge in [0.05, 0.1) is 12.6 Å². The number of nitrogens with one attached hydrogen (secondary N) is 1. The predicted octanol–water partition coefficient (Wildman–Crippen LogP) is 3.61. The van der Waals surface area contributed by atoms with Crippen LogP contribution in [0.25, 0.3) is 0 Å². The molecule has 5 heteroatoms. The van der Waals surface area contributed by atoms with E-state index in [4.69, 9.17) is 4.74 Å². The van der Waals surface area contributed by atoms with Crippen LogP contribution >= 0.6 is 0 Å². The monoisotopic (exact) mass is 275 g/mol. The first-order chi connectivity index (χ1) is 8.92. The Morgan fingerprint density at radius 2 is 2.05 bits per heavy atom. The fourth-order valence-corrected chi connectivity index (χ4v) is 1.81. The van der Waals surface area contributed by atoms with Gasteiger partial charge in [-0.25, -0.2) is 0 Å². The second kappa shape index (κ2) is 7.50. The number of alkyl halides is 3. The summed E-state index contributed by atoms with van der Waals surface area (Å²) in [5.41, 5.74) is 2.23. The van der Waals surface area contributed by atoms with Crippen molar-refractivity contribution in [2.75, 3.05) is 20.3 Å². The van der Waals surface area contributed by atoms with Crippen molar-refractivity contribution in [1.82, 2.24) is 5.32 Å². The fourth-order valence-electron chi connectivity index (χ4n) is 1.81. The van der Waals surface area contributed by atoms with E-state index < -0.39 is 12.6 Å². The number of ether oxygens (including phenoxy) is 1. The molecule has 0 aliphatic rings. The van der Waals surface area contributed by atoms with E-state index in [-0.39, 0.29) is 19.1 Å². The highest BCUT2D eigenvalue weighted by atomic mass is 19.4. The van der Waals surface area contributed by atoms with Gasteiger partial charge in [0.15, 0.2) is 0 Å². The van der Waals surface area contributed by atoms with Gasteiger partial charge in [-0.1, -0.05) is 29.8 Å². The van der Waals surface area contributed by atoms with Crippen LogP contribution in [0.4, 0.5) is 13.2 Å². The smallest absolute Gasteiger partial charge is 0.379 e. The summed E-state index contributed by atoms with van der Waals surface area (Å²) in [5.74, 6) is 0. The standard InChI is InChI=1S/C14H20F3NO/c1-11-5-3-6-12(9-11)13(18-2)10-19-8-4-7-14(15,16)17/h3,5-6,9,13,18H,4,7-8,10H2,1-2H3. The van der Waals surface area contributed by atoms with Gasteiger partial charge in [-0.2, -0.15) is 13.2 Å². The Bertz CT molecular complexity index is 379. The molecule has 2 nitrogen and oxygen atoms in total. The summed E-state index contributed by atoms with van der Waals surface area (Å²) in [6.45, 7) is 2.50. The molecule has 0 aliphatic carbocycles. The number of benzene rings is 1. The molecule has 0 radical (unpaired) electrons. The molecule has 19 heavy (non-hydrogen) atoms. The molecule has 0 fully saturated rings. The van der Waals surface area contributed by atoms with Crippen molar-refractivity contribution in [3.63, 3.8) is 0 Å². The normalized spacial score (nSPS) is 13.5. The minimum Gasteiger partial charge on any atom is -0.379 e. The maximum atomic E-state index is 11.9. The molecule has 0 heterocycles. The largest absolute Gasteiger partial charge is 0.389 e. The van der Waals surface area contributed by atoms with E-state index in [0.717, 1.165) is 11.1 Å². The summed E-state index contributed by atoms with van der Waals surface area (Å²) in [7, 11) is 1.81. The maximum absolute atomic E-state index is 11.9. The Balaban J connectivity index is 2.34. The van der Waals surface area contributed by atoms with Crippen molar-refractivity contribution < 1.29 is 17.9 Å². The number of halogens is 3. The molecule has 1 rings (SSSR count). The second-order valence-corrected chi connectivity index (χ2v) is 4.55. The lowest BCUT2D eigenvalue weighted by molar-refractivity contribution is -0.138. The van der Waals surface area contributed by atoms with Gasteiger partial charge in [0.2, 0.25) is 0 Å². The van der Waals surface area contributed by atoms with Crippen molar-refractivity contribution in [2.24, 2.45) is 0 Å². The topological polar surface area (TPSA) is 21.3 Å². The van der Waals surface area contributed by atoms with Gasteiger partial charge >= 0.3 is 6.18 Å². The molecule has 1 aromatic carbocycles. The molecular formula is C14H20F3NO. The van der Waals surface area contributed by atoms with Crippen molar-refractivity contribution >= 4 is 0 Å². The number of hydrogen-bond donors (Lipinski definition) is 1. The Hall–Kier alpha value is -1.07.